The van der Waals surface area contributed by atoms with Crippen molar-refractivity contribution in [3.05, 3.63) is 11.6 Å². The zero-order valence-electron chi connectivity index (χ0n) is 8.29. The van der Waals surface area contributed by atoms with Gasteiger partial charge in [0.05, 0.1) is 0 Å². The van der Waals surface area contributed by atoms with Crippen molar-refractivity contribution < 1.29 is 14.7 Å². The van der Waals surface area contributed by atoms with Crippen LogP contribution in [-0.2, 0) is 9.59 Å². The molecule has 0 atom stereocenters. The number of ketones is 1. The average Bonchev–Trinajstić information content (AvgIpc) is 2.15. The normalized spacial score (nSPS) is 23.7. The topological polar surface area (TPSA) is 54.4 Å². The van der Waals surface area contributed by atoms with Crippen molar-refractivity contribution in [2.75, 3.05) is 0 Å². The highest BCUT2D eigenvalue weighted by molar-refractivity contribution is 5.98. The molecule has 1 N–H and O–H groups in total. The van der Waals surface area contributed by atoms with Crippen LogP contribution in [0.4, 0.5) is 0 Å². The van der Waals surface area contributed by atoms with E-state index in [9.17, 15) is 9.59 Å². The Labute approximate surface area is 83.8 Å². The average molecular weight is 196 g/mol. The molecule has 0 aromatic rings. The summed E-state index contributed by atoms with van der Waals surface area (Å²) in [7, 11) is 0. The highest BCUT2D eigenvalue weighted by Crippen LogP contribution is 2.15. The molecule has 1 aliphatic rings. The Morgan fingerprint density at radius 1 is 1.07 bits per heavy atom. The summed E-state index contributed by atoms with van der Waals surface area (Å²) in [4.78, 5) is 22.0. The van der Waals surface area contributed by atoms with E-state index < -0.39 is 5.97 Å². The number of allylic oxidation sites excluding steroid dienone is 1. The lowest BCUT2D eigenvalue weighted by atomic mass is 10.00. The van der Waals surface area contributed by atoms with Crippen molar-refractivity contribution in [3.63, 3.8) is 0 Å². The second kappa shape index (κ2) is 5.58. The molecule has 0 heterocycles. The van der Waals surface area contributed by atoms with E-state index >= 15 is 0 Å². The van der Waals surface area contributed by atoms with Crippen LogP contribution in [0.5, 0.6) is 0 Å². The minimum Gasteiger partial charge on any atom is -0.478 e. The monoisotopic (exact) mass is 196 g/mol. The van der Waals surface area contributed by atoms with Crippen LogP contribution in [0.25, 0.3) is 0 Å². The van der Waals surface area contributed by atoms with E-state index in [1.165, 1.54) is 6.08 Å². The van der Waals surface area contributed by atoms with E-state index in [0.717, 1.165) is 32.1 Å². The van der Waals surface area contributed by atoms with Gasteiger partial charge in [-0.15, -0.1) is 0 Å². The second-order valence-corrected chi connectivity index (χ2v) is 3.71. The van der Waals surface area contributed by atoms with E-state index in [2.05, 4.69) is 0 Å². The van der Waals surface area contributed by atoms with Crippen LogP contribution in [-0.4, -0.2) is 16.9 Å². The first-order valence-corrected chi connectivity index (χ1v) is 5.17. The van der Waals surface area contributed by atoms with E-state index in [-0.39, 0.29) is 11.4 Å². The highest BCUT2D eigenvalue weighted by Gasteiger charge is 2.10. The van der Waals surface area contributed by atoms with Gasteiger partial charge in [0.1, 0.15) is 0 Å². The number of carboxylic acids is 1. The summed E-state index contributed by atoms with van der Waals surface area (Å²) in [5.41, 5.74) is 0.275. The molecule has 78 valence electrons. The lowest BCUT2D eigenvalue weighted by Crippen LogP contribution is -2.05. The SMILES string of the molecule is O=C1/C=C(/C(=O)O)CCCCCCC1. The summed E-state index contributed by atoms with van der Waals surface area (Å²) in [6, 6.07) is 0. The van der Waals surface area contributed by atoms with Gasteiger partial charge in [-0.1, -0.05) is 19.3 Å². The van der Waals surface area contributed by atoms with E-state index in [1.54, 1.807) is 0 Å². The molecule has 0 spiro atoms. The van der Waals surface area contributed by atoms with Crippen molar-refractivity contribution in [3.8, 4) is 0 Å². The van der Waals surface area contributed by atoms with Gasteiger partial charge in [0.25, 0.3) is 0 Å². The summed E-state index contributed by atoms with van der Waals surface area (Å²) in [6.07, 6.45) is 7.38. The summed E-state index contributed by atoms with van der Waals surface area (Å²) < 4.78 is 0. The standard InChI is InChI=1S/C11H16O3/c12-10-7-5-3-1-2-4-6-9(8-10)11(13)14/h8H,1-7H2,(H,13,14)/b9-8+. The first-order chi connectivity index (χ1) is 6.70. The fourth-order valence-electron chi connectivity index (χ4n) is 1.65. The van der Waals surface area contributed by atoms with Crippen LogP contribution < -0.4 is 0 Å². The quantitative estimate of drug-likeness (QED) is 0.700. The molecule has 0 saturated heterocycles. The molecule has 0 aromatic heterocycles. The van der Waals surface area contributed by atoms with Gasteiger partial charge in [0.15, 0.2) is 5.78 Å². The van der Waals surface area contributed by atoms with Gasteiger partial charge in [-0.25, -0.2) is 4.79 Å². The molecular formula is C11H16O3. The van der Waals surface area contributed by atoms with Gasteiger partial charge in [0, 0.05) is 12.0 Å². The number of carboxylic acid groups (broad SMARTS) is 1. The minimum absolute atomic E-state index is 0.0377. The third-order valence-corrected chi connectivity index (χ3v) is 2.48. The maximum atomic E-state index is 11.3. The Morgan fingerprint density at radius 2 is 1.64 bits per heavy atom. The molecule has 1 rings (SSSR count). The van der Waals surface area contributed by atoms with Gasteiger partial charge in [0.2, 0.25) is 0 Å². The molecular weight excluding hydrogens is 180 g/mol. The largest absolute Gasteiger partial charge is 0.478 e. The highest BCUT2D eigenvalue weighted by atomic mass is 16.4. The Balaban J connectivity index is 2.66. The molecule has 0 saturated carbocycles. The van der Waals surface area contributed by atoms with Crippen molar-refractivity contribution >= 4 is 11.8 Å². The van der Waals surface area contributed by atoms with Crippen LogP contribution in [0.1, 0.15) is 44.9 Å². The van der Waals surface area contributed by atoms with Crippen molar-refractivity contribution in [1.82, 2.24) is 0 Å². The lowest BCUT2D eigenvalue weighted by molar-refractivity contribution is -0.133. The zero-order valence-corrected chi connectivity index (χ0v) is 8.29. The molecule has 0 bridgehead atoms. The Kier molecular flexibility index (Phi) is 4.36. The first kappa shape index (κ1) is 11.0. The maximum Gasteiger partial charge on any atom is 0.331 e. The lowest BCUT2D eigenvalue weighted by Gasteiger charge is -2.05. The molecule has 0 fully saturated rings. The number of carbonyl (C=O) groups is 2. The number of hydrogen-bond donors (Lipinski definition) is 1. The summed E-state index contributed by atoms with van der Waals surface area (Å²) in [5, 5.41) is 8.81. The molecule has 3 nitrogen and oxygen atoms in total. The number of hydrogen-bond acceptors (Lipinski definition) is 2. The Morgan fingerprint density at radius 3 is 2.29 bits per heavy atom. The van der Waals surface area contributed by atoms with Crippen molar-refractivity contribution in [2.24, 2.45) is 0 Å². The predicted octanol–water partition coefficient (Wildman–Crippen LogP) is 2.31. The Hall–Kier alpha value is -1.12. The summed E-state index contributed by atoms with van der Waals surface area (Å²) >= 11 is 0. The van der Waals surface area contributed by atoms with Crippen LogP contribution in [0.2, 0.25) is 0 Å². The fourth-order valence-corrected chi connectivity index (χ4v) is 1.65. The van der Waals surface area contributed by atoms with Gasteiger partial charge in [-0.2, -0.15) is 0 Å². The fraction of sp³-hybridized carbons (Fsp3) is 0.636. The number of aliphatic carboxylic acids is 1. The van der Waals surface area contributed by atoms with E-state index in [1.807, 2.05) is 0 Å². The van der Waals surface area contributed by atoms with Crippen LogP contribution in [0.3, 0.4) is 0 Å². The molecule has 0 amide bonds. The minimum atomic E-state index is -0.945. The van der Waals surface area contributed by atoms with E-state index in [4.69, 9.17) is 5.11 Å². The molecule has 3 heteroatoms. The zero-order chi connectivity index (χ0) is 10.4. The molecule has 0 aliphatic heterocycles. The first-order valence-electron chi connectivity index (χ1n) is 5.17. The molecule has 1 aliphatic carbocycles. The number of rotatable bonds is 1. The van der Waals surface area contributed by atoms with Crippen LogP contribution in [0.15, 0.2) is 11.6 Å². The third-order valence-electron chi connectivity index (χ3n) is 2.48. The molecule has 0 unspecified atom stereocenters. The molecule has 0 radical (unpaired) electrons. The molecule has 14 heavy (non-hydrogen) atoms. The van der Waals surface area contributed by atoms with Gasteiger partial charge in [-0.3, -0.25) is 4.79 Å². The van der Waals surface area contributed by atoms with Crippen LogP contribution >= 0.6 is 0 Å². The van der Waals surface area contributed by atoms with Crippen molar-refractivity contribution in [1.29, 1.82) is 0 Å². The third kappa shape index (κ3) is 3.73. The van der Waals surface area contributed by atoms with Gasteiger partial charge in [-0.05, 0) is 25.3 Å². The maximum absolute atomic E-state index is 11.3. The summed E-state index contributed by atoms with van der Waals surface area (Å²) in [6.45, 7) is 0. The smallest absolute Gasteiger partial charge is 0.331 e. The van der Waals surface area contributed by atoms with Gasteiger partial charge < -0.3 is 5.11 Å². The Bertz CT molecular complexity index is 253. The second-order valence-electron chi connectivity index (χ2n) is 3.71. The number of carbonyl (C=O) groups excluding carboxylic acids is 1. The molecule has 0 aromatic carbocycles. The van der Waals surface area contributed by atoms with E-state index in [0.29, 0.717) is 12.8 Å². The summed E-state index contributed by atoms with van der Waals surface area (Å²) in [5.74, 6) is -0.983. The van der Waals surface area contributed by atoms with Gasteiger partial charge >= 0.3 is 5.97 Å². The van der Waals surface area contributed by atoms with Crippen molar-refractivity contribution in [2.45, 2.75) is 44.9 Å². The predicted molar refractivity (Wildman–Crippen MR) is 53.0 cm³/mol. The van der Waals surface area contributed by atoms with Crippen LogP contribution in [0, 0.1) is 0 Å².